The molecule has 2 saturated heterocycles. The third-order valence-corrected chi connectivity index (χ3v) is 7.02. The quantitative estimate of drug-likeness (QED) is 0.859. The lowest BCUT2D eigenvalue weighted by molar-refractivity contribution is 0.0256. The Morgan fingerprint density at radius 1 is 1.04 bits per heavy atom. The summed E-state index contributed by atoms with van der Waals surface area (Å²) in [6.45, 7) is 3.98. The number of hydrogen-bond acceptors (Lipinski definition) is 4. The average Bonchev–Trinajstić information content (AvgIpc) is 2.73. The summed E-state index contributed by atoms with van der Waals surface area (Å²) in [5, 5.41) is 3.26. The van der Waals surface area contributed by atoms with Crippen LogP contribution in [0.25, 0.3) is 0 Å². The van der Waals surface area contributed by atoms with Crippen molar-refractivity contribution in [2.45, 2.75) is 63.5 Å². The monoisotopic (exact) mass is 386 g/mol. The predicted octanol–water partition coefficient (Wildman–Crippen LogP) is 3.63. The summed E-state index contributed by atoms with van der Waals surface area (Å²) in [7, 11) is 2.22. The molecule has 28 heavy (non-hydrogen) atoms. The fraction of sp³-hybridized carbons (Fsp3) is 0.696. The van der Waals surface area contributed by atoms with Gasteiger partial charge in [-0.25, -0.2) is 0 Å². The van der Waals surface area contributed by atoms with Crippen LogP contribution in [-0.4, -0.2) is 56.3 Å². The zero-order valence-corrected chi connectivity index (χ0v) is 17.1. The van der Waals surface area contributed by atoms with Crippen LogP contribution in [0.3, 0.4) is 0 Å². The Balaban J connectivity index is 1.25. The molecular weight excluding hydrogens is 352 g/mol. The smallest absolute Gasteiger partial charge is 0.251 e. The van der Waals surface area contributed by atoms with Crippen LogP contribution in [0.15, 0.2) is 24.3 Å². The van der Waals surface area contributed by atoms with Gasteiger partial charge in [-0.05, 0) is 88.3 Å². The third kappa shape index (κ3) is 4.87. The number of likely N-dealkylation sites (tertiary alicyclic amines) is 1. The Morgan fingerprint density at radius 3 is 2.32 bits per heavy atom. The van der Waals surface area contributed by atoms with E-state index < -0.39 is 0 Å². The second-order valence-corrected chi connectivity index (χ2v) is 9.00. The first-order chi connectivity index (χ1) is 13.6. The van der Waals surface area contributed by atoms with E-state index in [2.05, 4.69) is 17.3 Å². The van der Waals surface area contributed by atoms with Gasteiger partial charge < -0.3 is 19.7 Å². The van der Waals surface area contributed by atoms with E-state index in [0.717, 1.165) is 50.2 Å². The molecule has 5 heteroatoms. The van der Waals surface area contributed by atoms with Crippen LogP contribution in [-0.2, 0) is 4.74 Å². The number of piperidine rings is 1. The maximum absolute atomic E-state index is 12.6. The number of benzene rings is 1. The molecule has 1 amide bonds. The van der Waals surface area contributed by atoms with E-state index in [-0.39, 0.29) is 12.0 Å². The SMILES string of the molecule is CN1CCC2(CCC(NC(=O)c3ccc(OC4CCOCC4)cc3)CC2)CC1. The molecule has 0 aromatic heterocycles. The highest BCUT2D eigenvalue weighted by atomic mass is 16.5. The normalized spacial score (nSPS) is 24.2. The Morgan fingerprint density at radius 2 is 1.68 bits per heavy atom. The minimum Gasteiger partial charge on any atom is -0.490 e. The van der Waals surface area contributed by atoms with Crippen LogP contribution in [0.2, 0.25) is 0 Å². The highest BCUT2D eigenvalue weighted by Crippen LogP contribution is 2.44. The van der Waals surface area contributed by atoms with Crippen molar-refractivity contribution in [3.05, 3.63) is 29.8 Å². The Bertz CT molecular complexity index is 636. The van der Waals surface area contributed by atoms with Crippen LogP contribution in [0.1, 0.15) is 61.7 Å². The molecule has 3 fully saturated rings. The van der Waals surface area contributed by atoms with E-state index in [1.807, 2.05) is 24.3 Å². The van der Waals surface area contributed by atoms with Crippen molar-refractivity contribution in [3.63, 3.8) is 0 Å². The first kappa shape index (κ1) is 19.7. The van der Waals surface area contributed by atoms with Gasteiger partial charge in [0.05, 0.1) is 13.2 Å². The number of amides is 1. The van der Waals surface area contributed by atoms with Gasteiger partial charge in [0, 0.05) is 24.4 Å². The summed E-state index contributed by atoms with van der Waals surface area (Å²) in [6.07, 6.45) is 9.46. The van der Waals surface area contributed by atoms with Crippen molar-refractivity contribution in [1.29, 1.82) is 0 Å². The molecule has 5 nitrogen and oxygen atoms in total. The van der Waals surface area contributed by atoms with E-state index >= 15 is 0 Å². The Hall–Kier alpha value is -1.59. The van der Waals surface area contributed by atoms with Gasteiger partial charge in [0.25, 0.3) is 5.91 Å². The molecule has 0 radical (unpaired) electrons. The largest absolute Gasteiger partial charge is 0.490 e. The maximum Gasteiger partial charge on any atom is 0.251 e. The number of rotatable bonds is 4. The van der Waals surface area contributed by atoms with E-state index in [1.54, 1.807) is 0 Å². The van der Waals surface area contributed by atoms with Crippen molar-refractivity contribution >= 4 is 5.91 Å². The van der Waals surface area contributed by atoms with Crippen molar-refractivity contribution in [3.8, 4) is 5.75 Å². The summed E-state index contributed by atoms with van der Waals surface area (Å²) >= 11 is 0. The predicted molar refractivity (Wildman–Crippen MR) is 110 cm³/mol. The van der Waals surface area contributed by atoms with Crippen LogP contribution < -0.4 is 10.1 Å². The average molecular weight is 387 g/mol. The van der Waals surface area contributed by atoms with Crippen molar-refractivity contribution in [2.24, 2.45) is 5.41 Å². The summed E-state index contributed by atoms with van der Waals surface area (Å²) in [5.41, 5.74) is 1.26. The molecule has 0 atom stereocenters. The van der Waals surface area contributed by atoms with Gasteiger partial charge in [-0.1, -0.05) is 0 Å². The lowest BCUT2D eigenvalue weighted by Gasteiger charge is -2.45. The van der Waals surface area contributed by atoms with Gasteiger partial charge in [0.2, 0.25) is 0 Å². The molecule has 1 aliphatic carbocycles. The van der Waals surface area contributed by atoms with Crippen molar-refractivity contribution in [1.82, 2.24) is 10.2 Å². The fourth-order valence-electron chi connectivity index (χ4n) is 4.91. The highest BCUT2D eigenvalue weighted by Gasteiger charge is 2.37. The van der Waals surface area contributed by atoms with Crippen LogP contribution in [0.5, 0.6) is 5.75 Å². The van der Waals surface area contributed by atoms with Crippen LogP contribution >= 0.6 is 0 Å². The van der Waals surface area contributed by atoms with Crippen LogP contribution in [0, 0.1) is 5.41 Å². The van der Waals surface area contributed by atoms with Crippen molar-refractivity contribution < 1.29 is 14.3 Å². The van der Waals surface area contributed by atoms with E-state index in [4.69, 9.17) is 9.47 Å². The number of hydrogen-bond donors (Lipinski definition) is 1. The van der Waals surface area contributed by atoms with E-state index in [9.17, 15) is 4.79 Å². The molecule has 1 N–H and O–H groups in total. The van der Waals surface area contributed by atoms with Gasteiger partial charge in [-0.2, -0.15) is 0 Å². The minimum absolute atomic E-state index is 0.0435. The number of nitrogens with zero attached hydrogens (tertiary/aromatic N) is 1. The third-order valence-electron chi connectivity index (χ3n) is 7.02. The van der Waals surface area contributed by atoms with Gasteiger partial charge in [-0.3, -0.25) is 4.79 Å². The molecule has 3 aliphatic rings. The number of carbonyl (C=O) groups is 1. The lowest BCUT2D eigenvalue weighted by Crippen LogP contribution is -2.44. The molecule has 2 heterocycles. The molecule has 0 bridgehead atoms. The molecule has 4 rings (SSSR count). The summed E-state index contributed by atoms with van der Waals surface area (Å²) in [4.78, 5) is 15.1. The first-order valence-electron chi connectivity index (χ1n) is 11.0. The van der Waals surface area contributed by atoms with Crippen LogP contribution in [0.4, 0.5) is 0 Å². The van der Waals surface area contributed by atoms with E-state index in [1.165, 1.54) is 38.8 Å². The van der Waals surface area contributed by atoms with Gasteiger partial charge in [0.1, 0.15) is 11.9 Å². The summed E-state index contributed by atoms with van der Waals surface area (Å²) < 4.78 is 11.4. The number of nitrogens with one attached hydrogen (secondary N) is 1. The molecular formula is C23H34N2O3. The highest BCUT2D eigenvalue weighted by molar-refractivity contribution is 5.94. The molecule has 1 aromatic carbocycles. The molecule has 154 valence electrons. The molecule has 1 spiro atoms. The number of ether oxygens (including phenoxy) is 2. The second-order valence-electron chi connectivity index (χ2n) is 9.00. The van der Waals surface area contributed by atoms with Gasteiger partial charge in [0.15, 0.2) is 0 Å². The van der Waals surface area contributed by atoms with Crippen molar-refractivity contribution in [2.75, 3.05) is 33.4 Å². The second kappa shape index (κ2) is 8.83. The molecule has 0 unspecified atom stereocenters. The molecule has 2 aliphatic heterocycles. The van der Waals surface area contributed by atoms with E-state index in [0.29, 0.717) is 11.5 Å². The lowest BCUT2D eigenvalue weighted by atomic mass is 9.67. The summed E-state index contributed by atoms with van der Waals surface area (Å²) in [5.74, 6) is 0.882. The first-order valence-corrected chi connectivity index (χ1v) is 11.0. The zero-order chi connectivity index (χ0) is 19.4. The maximum atomic E-state index is 12.6. The number of carbonyl (C=O) groups excluding carboxylic acids is 1. The molecule has 1 saturated carbocycles. The van der Waals surface area contributed by atoms with Gasteiger partial charge >= 0.3 is 0 Å². The summed E-state index contributed by atoms with van der Waals surface area (Å²) in [6, 6.07) is 7.91. The zero-order valence-electron chi connectivity index (χ0n) is 17.1. The Labute approximate surface area is 168 Å². The Kier molecular flexibility index (Phi) is 6.22. The standard InChI is InChI=1S/C23H34N2O3/c1-25-14-12-23(13-15-25)10-6-19(7-11-23)24-22(26)18-2-4-20(5-3-18)28-21-8-16-27-17-9-21/h2-5,19,21H,6-17H2,1H3,(H,24,26). The topological polar surface area (TPSA) is 50.8 Å². The molecule has 1 aromatic rings. The fourth-order valence-corrected chi connectivity index (χ4v) is 4.91. The minimum atomic E-state index is 0.0435. The van der Waals surface area contributed by atoms with Gasteiger partial charge in [-0.15, -0.1) is 0 Å².